The summed E-state index contributed by atoms with van der Waals surface area (Å²) in [7, 11) is 0. The van der Waals surface area contributed by atoms with Crippen LogP contribution < -0.4 is 0 Å². The summed E-state index contributed by atoms with van der Waals surface area (Å²) in [6.07, 6.45) is 8.84. The van der Waals surface area contributed by atoms with Gasteiger partial charge in [0, 0.05) is 30.3 Å². The molecule has 0 saturated heterocycles. The maximum absolute atomic E-state index is 4.79. The van der Waals surface area contributed by atoms with Crippen LogP contribution in [0.25, 0.3) is 0 Å². The normalized spacial score (nSPS) is 14.6. The molecule has 1 heterocycles. The number of rotatable bonds is 9. The minimum atomic E-state index is -0.0174. The molecule has 27 heavy (non-hydrogen) atoms. The van der Waals surface area contributed by atoms with Gasteiger partial charge < -0.3 is 4.57 Å². The smallest absolute Gasteiger partial charge is 0.112 e. The van der Waals surface area contributed by atoms with Gasteiger partial charge >= 0.3 is 0 Å². The van der Waals surface area contributed by atoms with E-state index < -0.39 is 0 Å². The number of aryl methyl sites for hydroxylation is 1. The van der Waals surface area contributed by atoms with Gasteiger partial charge in [-0.25, -0.2) is 4.98 Å². The molecule has 0 aliphatic rings. The van der Waals surface area contributed by atoms with Gasteiger partial charge in [0.2, 0.25) is 0 Å². The third-order valence-electron chi connectivity index (χ3n) is 5.94. The van der Waals surface area contributed by atoms with Gasteiger partial charge in [0.25, 0.3) is 0 Å². The predicted molar refractivity (Wildman–Crippen MR) is 114 cm³/mol. The Balaban J connectivity index is 1.95. The summed E-state index contributed by atoms with van der Waals surface area (Å²) in [5.41, 5.74) is 2.74. The third kappa shape index (κ3) is 4.50. The molecule has 0 radical (unpaired) electrons. The minimum absolute atomic E-state index is 0.0174. The molecule has 0 saturated carbocycles. The van der Waals surface area contributed by atoms with Gasteiger partial charge in [-0.15, -0.1) is 0 Å². The molecule has 3 aromatic rings. The Morgan fingerprint density at radius 3 is 2.30 bits per heavy atom. The third-order valence-corrected chi connectivity index (χ3v) is 5.94. The van der Waals surface area contributed by atoms with E-state index in [4.69, 9.17) is 4.98 Å². The van der Waals surface area contributed by atoms with Crippen molar-refractivity contribution in [1.29, 1.82) is 0 Å². The van der Waals surface area contributed by atoms with E-state index in [0.717, 1.165) is 13.0 Å². The van der Waals surface area contributed by atoms with Crippen LogP contribution in [0, 0.1) is 0 Å². The molecule has 1 aromatic heterocycles. The number of benzene rings is 2. The van der Waals surface area contributed by atoms with Crippen LogP contribution in [-0.4, -0.2) is 9.55 Å². The first-order chi connectivity index (χ1) is 13.1. The van der Waals surface area contributed by atoms with E-state index in [1.54, 1.807) is 0 Å². The Morgan fingerprint density at radius 1 is 0.963 bits per heavy atom. The zero-order valence-corrected chi connectivity index (χ0v) is 16.9. The molecule has 3 rings (SSSR count). The zero-order chi connectivity index (χ0) is 19.1. The molecule has 2 atom stereocenters. The minimum Gasteiger partial charge on any atom is -0.335 e. The van der Waals surface area contributed by atoms with E-state index >= 15 is 0 Å². The first kappa shape index (κ1) is 19.4. The molecule has 142 valence electrons. The van der Waals surface area contributed by atoms with Gasteiger partial charge in [-0.1, -0.05) is 94.3 Å². The number of hydrogen-bond donors (Lipinski definition) is 0. The lowest BCUT2D eigenvalue weighted by molar-refractivity contribution is 0.367. The van der Waals surface area contributed by atoms with Crippen LogP contribution in [0.5, 0.6) is 0 Å². The van der Waals surface area contributed by atoms with Crippen LogP contribution in [0.4, 0.5) is 0 Å². The highest BCUT2D eigenvalue weighted by molar-refractivity contribution is 5.32. The quantitative estimate of drug-likeness (QED) is 0.405. The van der Waals surface area contributed by atoms with Gasteiger partial charge in [-0.3, -0.25) is 0 Å². The van der Waals surface area contributed by atoms with Crippen molar-refractivity contribution >= 4 is 0 Å². The lowest BCUT2D eigenvalue weighted by Gasteiger charge is -2.36. The van der Waals surface area contributed by atoms with E-state index in [-0.39, 0.29) is 5.41 Å². The molecule has 0 N–H and O–H groups in total. The molecule has 0 aliphatic carbocycles. The number of unbranched alkanes of at least 4 members (excludes halogenated alkanes) is 2. The van der Waals surface area contributed by atoms with E-state index in [9.17, 15) is 0 Å². The fourth-order valence-electron chi connectivity index (χ4n) is 4.05. The summed E-state index contributed by atoms with van der Waals surface area (Å²) in [5, 5.41) is 0. The Hall–Kier alpha value is -2.35. The monoisotopic (exact) mass is 360 g/mol. The average Bonchev–Trinajstić information content (AvgIpc) is 3.17. The molecule has 2 aromatic carbocycles. The molecular formula is C25H32N2. The van der Waals surface area contributed by atoms with Crippen molar-refractivity contribution in [2.75, 3.05) is 0 Å². The standard InChI is InChI=1S/C25H32N2/c1-4-5-12-18-27-19-17-26-24(27)21(2)25(3,23-15-10-7-11-16-23)20-22-13-8-6-9-14-22/h6-11,13-17,19,21H,4-5,12,18,20H2,1-3H3. The molecule has 2 nitrogen and oxygen atoms in total. The van der Waals surface area contributed by atoms with Gasteiger partial charge in [0.15, 0.2) is 0 Å². The number of nitrogens with zero attached hydrogens (tertiary/aromatic N) is 2. The Labute approximate surface area is 164 Å². The summed E-state index contributed by atoms with van der Waals surface area (Å²) in [5.74, 6) is 1.52. The van der Waals surface area contributed by atoms with Crippen LogP contribution >= 0.6 is 0 Å². The van der Waals surface area contributed by atoms with E-state index in [1.165, 1.54) is 36.2 Å². The molecule has 2 heteroatoms. The van der Waals surface area contributed by atoms with Crippen LogP contribution in [0.3, 0.4) is 0 Å². The van der Waals surface area contributed by atoms with Crippen molar-refractivity contribution in [2.24, 2.45) is 0 Å². The molecule has 0 spiro atoms. The Morgan fingerprint density at radius 2 is 1.63 bits per heavy atom. The first-order valence-electron chi connectivity index (χ1n) is 10.3. The van der Waals surface area contributed by atoms with E-state index in [1.807, 2.05) is 6.20 Å². The molecule has 0 fully saturated rings. The highest BCUT2D eigenvalue weighted by Gasteiger charge is 2.36. The summed E-state index contributed by atoms with van der Waals surface area (Å²) >= 11 is 0. The maximum atomic E-state index is 4.79. The lowest BCUT2D eigenvalue weighted by Crippen LogP contribution is -2.33. The van der Waals surface area contributed by atoms with Crippen molar-refractivity contribution < 1.29 is 0 Å². The van der Waals surface area contributed by atoms with Gasteiger partial charge in [0.1, 0.15) is 5.82 Å². The fourth-order valence-corrected chi connectivity index (χ4v) is 4.05. The second-order valence-corrected chi connectivity index (χ2v) is 7.85. The Kier molecular flexibility index (Phi) is 6.49. The van der Waals surface area contributed by atoms with Gasteiger partial charge in [-0.2, -0.15) is 0 Å². The maximum Gasteiger partial charge on any atom is 0.112 e. The fraction of sp³-hybridized carbons (Fsp3) is 0.400. The number of imidazole rings is 1. The predicted octanol–water partition coefficient (Wildman–Crippen LogP) is 6.38. The van der Waals surface area contributed by atoms with Gasteiger partial charge in [-0.05, 0) is 24.0 Å². The van der Waals surface area contributed by atoms with Crippen LogP contribution in [-0.2, 0) is 18.4 Å². The van der Waals surface area contributed by atoms with Crippen molar-refractivity contribution in [3.8, 4) is 0 Å². The second-order valence-electron chi connectivity index (χ2n) is 7.85. The Bertz CT molecular complexity index is 807. The molecule has 0 amide bonds. The summed E-state index contributed by atoms with van der Waals surface area (Å²) < 4.78 is 2.37. The van der Waals surface area contributed by atoms with Crippen molar-refractivity contribution in [3.63, 3.8) is 0 Å². The van der Waals surface area contributed by atoms with Crippen LogP contribution in [0.1, 0.15) is 62.9 Å². The topological polar surface area (TPSA) is 17.8 Å². The van der Waals surface area contributed by atoms with Gasteiger partial charge in [0.05, 0.1) is 0 Å². The number of aromatic nitrogens is 2. The highest BCUT2D eigenvalue weighted by Crippen LogP contribution is 2.41. The molecule has 0 aliphatic heterocycles. The number of hydrogen-bond acceptors (Lipinski definition) is 1. The summed E-state index contributed by atoms with van der Waals surface area (Å²) in [4.78, 5) is 4.79. The van der Waals surface area contributed by atoms with Crippen molar-refractivity contribution in [1.82, 2.24) is 9.55 Å². The van der Waals surface area contributed by atoms with Crippen molar-refractivity contribution in [2.45, 2.75) is 64.3 Å². The van der Waals surface area contributed by atoms with Crippen LogP contribution in [0.2, 0.25) is 0 Å². The lowest BCUT2D eigenvalue weighted by atomic mass is 9.68. The molecular weight excluding hydrogens is 328 g/mol. The van der Waals surface area contributed by atoms with Crippen LogP contribution in [0.15, 0.2) is 73.1 Å². The SMILES string of the molecule is CCCCCn1ccnc1C(C)C(C)(Cc1ccccc1)c1ccccc1. The summed E-state index contributed by atoms with van der Waals surface area (Å²) in [6, 6.07) is 21.8. The average molecular weight is 361 g/mol. The van der Waals surface area contributed by atoms with E-state index in [2.05, 4.69) is 92.2 Å². The van der Waals surface area contributed by atoms with E-state index in [0.29, 0.717) is 5.92 Å². The van der Waals surface area contributed by atoms with Crippen molar-refractivity contribution in [3.05, 3.63) is 90.0 Å². The zero-order valence-electron chi connectivity index (χ0n) is 16.9. The second kappa shape index (κ2) is 9.03. The largest absolute Gasteiger partial charge is 0.335 e. The molecule has 0 bridgehead atoms. The first-order valence-corrected chi connectivity index (χ1v) is 10.3. The highest BCUT2D eigenvalue weighted by atomic mass is 15.1. The summed E-state index contributed by atoms with van der Waals surface area (Å²) in [6.45, 7) is 8.05. The molecule has 2 unspecified atom stereocenters.